The normalized spacial score (nSPS) is 19.3. The van der Waals surface area contributed by atoms with Gasteiger partial charge in [-0.2, -0.15) is 11.8 Å². The first kappa shape index (κ1) is 11.6. The number of benzene rings is 1. The molecule has 0 aliphatic carbocycles. The van der Waals surface area contributed by atoms with Crippen molar-refractivity contribution in [2.24, 2.45) is 5.92 Å². The number of aldehydes is 1. The van der Waals surface area contributed by atoms with Gasteiger partial charge in [-0.3, -0.25) is 4.79 Å². The van der Waals surface area contributed by atoms with Gasteiger partial charge in [-0.05, 0) is 35.8 Å². The number of hydrogen-bond acceptors (Lipinski definition) is 2. The van der Waals surface area contributed by atoms with Crippen molar-refractivity contribution >= 4 is 18.0 Å². The van der Waals surface area contributed by atoms with Crippen LogP contribution in [-0.2, 0) is 0 Å². The Morgan fingerprint density at radius 1 is 1.25 bits per heavy atom. The molecule has 1 atom stereocenters. The summed E-state index contributed by atoms with van der Waals surface area (Å²) >= 11 is 1.90. The smallest absolute Gasteiger partial charge is 0.150 e. The van der Waals surface area contributed by atoms with Crippen LogP contribution in [0.1, 0.15) is 34.9 Å². The molecule has 0 amide bonds. The summed E-state index contributed by atoms with van der Waals surface area (Å²) in [6.07, 6.45) is 1.83. The van der Waals surface area contributed by atoms with Crippen molar-refractivity contribution < 1.29 is 9.18 Å². The highest BCUT2D eigenvalue weighted by molar-refractivity contribution is 7.99. The van der Waals surface area contributed by atoms with Crippen LogP contribution in [0.3, 0.4) is 0 Å². The first-order valence-electron chi connectivity index (χ1n) is 5.58. The van der Waals surface area contributed by atoms with Crippen LogP contribution in [0.25, 0.3) is 0 Å². The van der Waals surface area contributed by atoms with Crippen LogP contribution >= 0.6 is 11.8 Å². The van der Waals surface area contributed by atoms with E-state index in [2.05, 4.69) is 0 Å². The molecule has 1 aliphatic rings. The highest BCUT2D eigenvalue weighted by atomic mass is 32.2. The molecule has 16 heavy (non-hydrogen) atoms. The summed E-state index contributed by atoms with van der Waals surface area (Å²) in [6.45, 7) is 0. The molecule has 2 rings (SSSR count). The lowest BCUT2D eigenvalue weighted by Gasteiger charge is -2.24. The second-order valence-corrected chi connectivity index (χ2v) is 5.36. The van der Waals surface area contributed by atoms with Crippen LogP contribution in [0.4, 0.5) is 4.39 Å². The van der Waals surface area contributed by atoms with E-state index >= 15 is 0 Å². The Bertz CT molecular complexity index is 343. The topological polar surface area (TPSA) is 17.1 Å². The van der Waals surface area contributed by atoms with Gasteiger partial charge in [-0.25, -0.2) is 4.39 Å². The van der Waals surface area contributed by atoms with E-state index < -0.39 is 6.17 Å². The summed E-state index contributed by atoms with van der Waals surface area (Å²) in [6, 6.07) is 6.84. The third-order valence-electron chi connectivity index (χ3n) is 3.07. The van der Waals surface area contributed by atoms with E-state index in [4.69, 9.17) is 0 Å². The van der Waals surface area contributed by atoms with Crippen LogP contribution in [-0.4, -0.2) is 17.8 Å². The van der Waals surface area contributed by atoms with Crippen LogP contribution < -0.4 is 0 Å². The number of thioether (sulfide) groups is 1. The highest BCUT2D eigenvalue weighted by Gasteiger charge is 2.24. The number of rotatable bonds is 3. The number of halogens is 1. The molecule has 3 heteroatoms. The Kier molecular flexibility index (Phi) is 3.99. The Morgan fingerprint density at radius 2 is 1.88 bits per heavy atom. The number of carbonyl (C=O) groups excluding carboxylic acids is 1. The molecule has 0 bridgehead atoms. The molecule has 1 aromatic carbocycles. The van der Waals surface area contributed by atoms with Gasteiger partial charge < -0.3 is 0 Å². The van der Waals surface area contributed by atoms with Crippen molar-refractivity contribution in [1.29, 1.82) is 0 Å². The van der Waals surface area contributed by atoms with Gasteiger partial charge in [0.05, 0.1) is 0 Å². The lowest BCUT2D eigenvalue weighted by Crippen LogP contribution is -2.15. The van der Waals surface area contributed by atoms with E-state index in [9.17, 15) is 9.18 Å². The van der Waals surface area contributed by atoms with Gasteiger partial charge >= 0.3 is 0 Å². The van der Waals surface area contributed by atoms with Crippen molar-refractivity contribution in [1.82, 2.24) is 0 Å². The van der Waals surface area contributed by atoms with Crippen molar-refractivity contribution in [3.8, 4) is 0 Å². The maximum atomic E-state index is 14.2. The van der Waals surface area contributed by atoms with E-state index in [1.165, 1.54) is 0 Å². The second-order valence-electron chi connectivity index (χ2n) is 4.14. The molecule has 1 heterocycles. The van der Waals surface area contributed by atoms with Gasteiger partial charge in [-0.15, -0.1) is 0 Å². The number of carbonyl (C=O) groups is 1. The molecule has 0 aromatic heterocycles. The maximum Gasteiger partial charge on any atom is 0.150 e. The van der Waals surface area contributed by atoms with E-state index in [1.807, 2.05) is 11.8 Å². The fourth-order valence-electron chi connectivity index (χ4n) is 2.04. The molecule has 0 spiro atoms. The summed E-state index contributed by atoms with van der Waals surface area (Å²) in [5.74, 6) is 2.29. The molecule has 1 unspecified atom stereocenters. The second kappa shape index (κ2) is 5.48. The zero-order valence-electron chi connectivity index (χ0n) is 9.06. The predicted molar refractivity (Wildman–Crippen MR) is 65.7 cm³/mol. The zero-order valence-corrected chi connectivity index (χ0v) is 9.88. The molecule has 1 aliphatic heterocycles. The van der Waals surface area contributed by atoms with Gasteiger partial charge in [0.2, 0.25) is 0 Å². The van der Waals surface area contributed by atoms with Crippen LogP contribution in [0.5, 0.6) is 0 Å². The zero-order chi connectivity index (χ0) is 11.4. The highest BCUT2D eigenvalue weighted by Crippen LogP contribution is 2.35. The molecule has 0 radical (unpaired) electrons. The van der Waals surface area contributed by atoms with Crippen molar-refractivity contribution in [3.05, 3.63) is 35.4 Å². The SMILES string of the molecule is O=Cc1ccc(C(F)C2CCSCC2)cc1. The summed E-state index contributed by atoms with van der Waals surface area (Å²) in [4.78, 5) is 10.5. The van der Waals surface area contributed by atoms with E-state index in [0.717, 1.165) is 30.6 Å². The minimum absolute atomic E-state index is 0.156. The van der Waals surface area contributed by atoms with Gasteiger partial charge in [0.15, 0.2) is 0 Å². The fourth-order valence-corrected chi connectivity index (χ4v) is 3.18. The van der Waals surface area contributed by atoms with Gasteiger partial charge in [0, 0.05) is 5.56 Å². The minimum atomic E-state index is -0.874. The lowest BCUT2D eigenvalue weighted by molar-refractivity contribution is 0.112. The maximum absolute atomic E-state index is 14.2. The van der Waals surface area contributed by atoms with Crippen molar-refractivity contribution in [2.45, 2.75) is 19.0 Å². The molecule has 0 N–H and O–H groups in total. The van der Waals surface area contributed by atoms with Crippen LogP contribution in [0.2, 0.25) is 0 Å². The Hall–Kier alpha value is -0.830. The number of hydrogen-bond donors (Lipinski definition) is 0. The summed E-state index contributed by atoms with van der Waals surface area (Å²) in [7, 11) is 0. The van der Waals surface area contributed by atoms with E-state index in [0.29, 0.717) is 11.1 Å². The van der Waals surface area contributed by atoms with Gasteiger partial charge in [-0.1, -0.05) is 24.3 Å². The van der Waals surface area contributed by atoms with Crippen molar-refractivity contribution in [2.75, 3.05) is 11.5 Å². The molecule has 1 nitrogen and oxygen atoms in total. The number of alkyl halides is 1. The molecular weight excluding hydrogens is 223 g/mol. The molecule has 0 saturated carbocycles. The van der Waals surface area contributed by atoms with Crippen molar-refractivity contribution in [3.63, 3.8) is 0 Å². The van der Waals surface area contributed by atoms with Crippen LogP contribution in [0, 0.1) is 5.92 Å². The van der Waals surface area contributed by atoms with E-state index in [-0.39, 0.29) is 5.92 Å². The predicted octanol–water partition coefficient (Wildman–Crippen LogP) is 3.65. The summed E-state index contributed by atoms with van der Waals surface area (Å²) < 4.78 is 14.2. The Morgan fingerprint density at radius 3 is 2.44 bits per heavy atom. The minimum Gasteiger partial charge on any atom is -0.298 e. The Labute approximate surface area is 99.4 Å². The molecule has 1 saturated heterocycles. The fraction of sp³-hybridized carbons (Fsp3) is 0.462. The van der Waals surface area contributed by atoms with Crippen LogP contribution in [0.15, 0.2) is 24.3 Å². The summed E-state index contributed by atoms with van der Waals surface area (Å²) in [5, 5.41) is 0. The molecular formula is C13H15FOS. The standard InChI is InChI=1S/C13H15FOS/c14-13(12-5-7-16-8-6-12)11-3-1-10(9-15)2-4-11/h1-4,9,12-13H,5-8H2. The first-order chi connectivity index (χ1) is 7.81. The molecule has 86 valence electrons. The monoisotopic (exact) mass is 238 g/mol. The average Bonchev–Trinajstić information content (AvgIpc) is 2.39. The van der Waals surface area contributed by atoms with Gasteiger partial charge in [0.1, 0.15) is 12.5 Å². The third kappa shape index (κ3) is 2.64. The molecule has 1 aromatic rings. The quantitative estimate of drug-likeness (QED) is 0.748. The lowest BCUT2D eigenvalue weighted by atomic mass is 9.92. The Balaban J connectivity index is 2.06. The summed E-state index contributed by atoms with van der Waals surface area (Å²) in [5.41, 5.74) is 1.32. The average molecular weight is 238 g/mol. The van der Waals surface area contributed by atoms with E-state index in [1.54, 1.807) is 24.3 Å². The first-order valence-corrected chi connectivity index (χ1v) is 6.73. The largest absolute Gasteiger partial charge is 0.298 e. The van der Waals surface area contributed by atoms with Gasteiger partial charge in [0.25, 0.3) is 0 Å². The molecule has 1 fully saturated rings. The third-order valence-corrected chi connectivity index (χ3v) is 4.12.